The first-order valence-electron chi connectivity index (χ1n) is 9.72. The molecule has 1 aromatic rings. The minimum Gasteiger partial charge on any atom is -0.357 e. The molecule has 1 aromatic carbocycles. The van der Waals surface area contributed by atoms with Crippen LogP contribution in [0.4, 0.5) is 0 Å². The predicted octanol–water partition coefficient (Wildman–Crippen LogP) is 3.42. The number of nitrogens with zero attached hydrogens (tertiary/aromatic N) is 1. The summed E-state index contributed by atoms with van der Waals surface area (Å²) in [4.78, 5) is 5.02. The van der Waals surface area contributed by atoms with Crippen molar-refractivity contribution in [2.75, 3.05) is 19.3 Å². The zero-order valence-corrected chi connectivity index (χ0v) is 17.2. The molecule has 0 saturated heterocycles. The van der Waals surface area contributed by atoms with E-state index in [0.29, 0.717) is 11.4 Å². The predicted molar refractivity (Wildman–Crippen MR) is 108 cm³/mol. The van der Waals surface area contributed by atoms with Gasteiger partial charge in [0.15, 0.2) is 15.8 Å². The number of aliphatic imine (C=N–C) groups is 1. The van der Waals surface area contributed by atoms with Crippen molar-refractivity contribution >= 4 is 15.8 Å². The van der Waals surface area contributed by atoms with Gasteiger partial charge in [-0.05, 0) is 49.8 Å². The number of aryl methyl sites for hydroxylation is 1. The summed E-state index contributed by atoms with van der Waals surface area (Å²) in [6.07, 6.45) is 9.33. The third-order valence-corrected chi connectivity index (χ3v) is 6.22. The zero-order chi connectivity index (χ0) is 19.0. The Kier molecular flexibility index (Phi) is 7.94. The Bertz CT molecular complexity index is 708. The second kappa shape index (κ2) is 9.95. The van der Waals surface area contributed by atoms with Crippen LogP contribution in [0, 0.1) is 12.8 Å². The van der Waals surface area contributed by atoms with Crippen LogP contribution in [0.15, 0.2) is 28.1 Å². The summed E-state index contributed by atoms with van der Waals surface area (Å²) in [6, 6.07) is 5.43. The second-order valence-corrected chi connectivity index (χ2v) is 9.27. The van der Waals surface area contributed by atoms with Crippen molar-refractivity contribution in [1.82, 2.24) is 10.6 Å². The fourth-order valence-electron chi connectivity index (χ4n) is 3.63. The number of nitrogens with one attached hydrogen (secondary N) is 2. The van der Waals surface area contributed by atoms with Crippen LogP contribution in [0.25, 0.3) is 0 Å². The lowest BCUT2D eigenvalue weighted by molar-refractivity contribution is 0.481. The average molecular weight is 380 g/mol. The molecule has 0 unspecified atom stereocenters. The van der Waals surface area contributed by atoms with Crippen LogP contribution < -0.4 is 10.6 Å². The third-order valence-electron chi connectivity index (χ3n) is 4.96. The first-order chi connectivity index (χ1) is 12.4. The third kappa shape index (κ3) is 6.63. The first-order valence-corrected chi connectivity index (χ1v) is 11.6. The van der Waals surface area contributed by atoms with E-state index < -0.39 is 9.84 Å². The summed E-state index contributed by atoms with van der Waals surface area (Å²) in [5.41, 5.74) is 1.78. The molecular weight excluding hydrogens is 346 g/mol. The maximum absolute atomic E-state index is 11.7. The Morgan fingerprint density at radius 1 is 1.23 bits per heavy atom. The zero-order valence-electron chi connectivity index (χ0n) is 16.3. The Morgan fingerprint density at radius 2 is 1.96 bits per heavy atom. The molecule has 0 amide bonds. The van der Waals surface area contributed by atoms with Crippen LogP contribution >= 0.6 is 0 Å². The van der Waals surface area contributed by atoms with Crippen molar-refractivity contribution in [3.05, 3.63) is 29.3 Å². The van der Waals surface area contributed by atoms with Crippen LogP contribution in [0.3, 0.4) is 0 Å². The van der Waals surface area contributed by atoms with Gasteiger partial charge < -0.3 is 10.6 Å². The molecule has 0 aliphatic heterocycles. The van der Waals surface area contributed by atoms with Crippen molar-refractivity contribution < 1.29 is 8.42 Å². The van der Waals surface area contributed by atoms with E-state index in [4.69, 9.17) is 0 Å². The van der Waals surface area contributed by atoms with Crippen molar-refractivity contribution in [1.29, 1.82) is 0 Å². The molecule has 2 N–H and O–H groups in total. The molecule has 2 rings (SSSR count). The van der Waals surface area contributed by atoms with Gasteiger partial charge in [-0.2, -0.15) is 0 Å². The summed E-state index contributed by atoms with van der Waals surface area (Å²) >= 11 is 0. The summed E-state index contributed by atoms with van der Waals surface area (Å²) in [7, 11) is -3.17. The topological polar surface area (TPSA) is 70.6 Å². The summed E-state index contributed by atoms with van der Waals surface area (Å²) in [6.45, 7) is 6.18. The fourth-order valence-corrected chi connectivity index (χ4v) is 4.59. The van der Waals surface area contributed by atoms with Crippen LogP contribution in [0.1, 0.15) is 56.6 Å². The Morgan fingerprint density at radius 3 is 2.58 bits per heavy atom. The van der Waals surface area contributed by atoms with Crippen LogP contribution in [0.5, 0.6) is 0 Å². The molecule has 0 radical (unpaired) electrons. The van der Waals surface area contributed by atoms with Gasteiger partial charge >= 0.3 is 0 Å². The lowest BCUT2D eigenvalue weighted by Crippen LogP contribution is -2.37. The first kappa shape index (κ1) is 20.7. The Balaban J connectivity index is 1.88. The van der Waals surface area contributed by atoms with Gasteiger partial charge in [0.05, 0.1) is 11.4 Å². The molecule has 1 fully saturated rings. The van der Waals surface area contributed by atoms with Crippen molar-refractivity contribution in [2.45, 2.75) is 63.8 Å². The van der Waals surface area contributed by atoms with Crippen LogP contribution in [0.2, 0.25) is 0 Å². The highest BCUT2D eigenvalue weighted by molar-refractivity contribution is 7.90. The van der Waals surface area contributed by atoms with E-state index in [1.807, 2.05) is 19.1 Å². The standard InChI is InChI=1S/C20H33N3O2S/c1-4-21-20(22-13-7-10-17-8-5-6-9-17)23-15-18-11-12-19(16(2)14-18)26(3,24)25/h11-12,14,17H,4-10,13,15H2,1-3H3,(H2,21,22,23). The van der Waals surface area contributed by atoms with E-state index >= 15 is 0 Å². The minimum absolute atomic E-state index is 0.391. The van der Waals surface area contributed by atoms with E-state index in [1.54, 1.807) is 6.07 Å². The van der Waals surface area contributed by atoms with E-state index in [9.17, 15) is 8.42 Å². The molecular formula is C20H33N3O2S. The number of hydrogen-bond acceptors (Lipinski definition) is 3. The molecule has 1 aliphatic carbocycles. The van der Waals surface area contributed by atoms with Gasteiger partial charge in [-0.25, -0.2) is 13.4 Å². The molecule has 0 atom stereocenters. The molecule has 1 saturated carbocycles. The van der Waals surface area contributed by atoms with Gasteiger partial charge in [0.2, 0.25) is 0 Å². The number of benzene rings is 1. The van der Waals surface area contributed by atoms with E-state index in [0.717, 1.165) is 36.1 Å². The summed E-state index contributed by atoms with van der Waals surface area (Å²) in [5, 5.41) is 6.68. The van der Waals surface area contributed by atoms with Crippen molar-refractivity contribution in [3.8, 4) is 0 Å². The molecule has 5 nitrogen and oxygen atoms in total. The average Bonchev–Trinajstić information content (AvgIpc) is 3.08. The molecule has 1 aliphatic rings. The van der Waals surface area contributed by atoms with Gasteiger partial charge in [0.25, 0.3) is 0 Å². The molecule has 0 aromatic heterocycles. The highest BCUT2D eigenvalue weighted by Gasteiger charge is 2.14. The van der Waals surface area contributed by atoms with E-state index in [1.165, 1.54) is 44.8 Å². The largest absolute Gasteiger partial charge is 0.357 e. The van der Waals surface area contributed by atoms with Gasteiger partial charge in [-0.1, -0.05) is 37.8 Å². The highest BCUT2D eigenvalue weighted by atomic mass is 32.2. The van der Waals surface area contributed by atoms with E-state index in [2.05, 4.69) is 22.5 Å². The normalized spacial score (nSPS) is 16.0. The number of sulfone groups is 1. The Labute approximate surface area is 158 Å². The van der Waals surface area contributed by atoms with Crippen molar-refractivity contribution in [3.63, 3.8) is 0 Å². The lowest BCUT2D eigenvalue weighted by Gasteiger charge is -2.13. The number of rotatable bonds is 8. The summed E-state index contributed by atoms with van der Waals surface area (Å²) in [5.74, 6) is 1.75. The van der Waals surface area contributed by atoms with Crippen LogP contribution in [-0.2, 0) is 16.4 Å². The monoisotopic (exact) mass is 379 g/mol. The number of guanidine groups is 1. The van der Waals surface area contributed by atoms with Gasteiger partial charge in [-0.3, -0.25) is 0 Å². The maximum atomic E-state index is 11.7. The van der Waals surface area contributed by atoms with Gasteiger partial charge in [0.1, 0.15) is 0 Å². The quantitative estimate of drug-likeness (QED) is 0.412. The molecule has 0 heterocycles. The second-order valence-electron chi connectivity index (χ2n) is 7.29. The smallest absolute Gasteiger partial charge is 0.191 e. The lowest BCUT2D eigenvalue weighted by atomic mass is 10.0. The van der Waals surface area contributed by atoms with Crippen molar-refractivity contribution in [2.24, 2.45) is 10.9 Å². The molecule has 0 bridgehead atoms. The summed E-state index contributed by atoms with van der Waals surface area (Å²) < 4.78 is 23.4. The molecule has 26 heavy (non-hydrogen) atoms. The van der Waals surface area contributed by atoms with Crippen LogP contribution in [-0.4, -0.2) is 33.7 Å². The Hall–Kier alpha value is -1.56. The fraction of sp³-hybridized carbons (Fsp3) is 0.650. The molecule has 0 spiro atoms. The van der Waals surface area contributed by atoms with E-state index in [-0.39, 0.29) is 0 Å². The highest BCUT2D eigenvalue weighted by Crippen LogP contribution is 2.28. The number of hydrogen-bond donors (Lipinski definition) is 2. The minimum atomic E-state index is -3.17. The molecule has 146 valence electrons. The molecule has 6 heteroatoms. The SMILES string of the molecule is CCNC(=NCc1ccc(S(C)(=O)=O)c(C)c1)NCCCC1CCCC1. The maximum Gasteiger partial charge on any atom is 0.191 e. The van der Waals surface area contributed by atoms with Gasteiger partial charge in [0, 0.05) is 19.3 Å². The van der Waals surface area contributed by atoms with Gasteiger partial charge in [-0.15, -0.1) is 0 Å².